The number of amides is 2. The third-order valence-corrected chi connectivity index (χ3v) is 9.06. The number of urea groups is 1. The minimum absolute atomic E-state index is 0.216. The van der Waals surface area contributed by atoms with Gasteiger partial charge in [0.05, 0.1) is 12.2 Å². The van der Waals surface area contributed by atoms with Crippen molar-refractivity contribution in [1.29, 1.82) is 0 Å². The van der Waals surface area contributed by atoms with Gasteiger partial charge in [0.25, 0.3) is 5.92 Å². The number of aromatic nitrogens is 2. The molecule has 0 radical (unpaired) electrons. The van der Waals surface area contributed by atoms with E-state index in [0.717, 1.165) is 12.8 Å². The first-order valence-electron chi connectivity index (χ1n) is 14.0. The maximum absolute atomic E-state index is 15.0. The summed E-state index contributed by atoms with van der Waals surface area (Å²) in [6, 6.07) is -1.85. The molecule has 3 aliphatic carbocycles. The lowest BCUT2D eigenvalue weighted by Gasteiger charge is -2.42. The van der Waals surface area contributed by atoms with Crippen LogP contribution in [0.2, 0.25) is 0 Å². The number of hydrogen-bond acceptors (Lipinski definition) is 6. The second-order valence-corrected chi connectivity index (χ2v) is 12.3. The summed E-state index contributed by atoms with van der Waals surface area (Å²) in [5.41, 5.74) is -1.38. The Morgan fingerprint density at radius 1 is 1.08 bits per heavy atom. The lowest BCUT2D eigenvalue weighted by Crippen LogP contribution is -2.61. The predicted octanol–water partition coefficient (Wildman–Crippen LogP) is 4.16. The van der Waals surface area contributed by atoms with E-state index in [4.69, 9.17) is 9.26 Å². The summed E-state index contributed by atoms with van der Waals surface area (Å²) in [6.07, 6.45) is 4.93. The van der Waals surface area contributed by atoms with Gasteiger partial charge in [0.15, 0.2) is 5.82 Å². The fourth-order valence-electron chi connectivity index (χ4n) is 6.10. The Balaban J connectivity index is 1.04. The number of hydrogen-bond donors (Lipinski definition) is 1. The fourth-order valence-corrected chi connectivity index (χ4v) is 6.10. The maximum atomic E-state index is 15.0. The van der Waals surface area contributed by atoms with Crippen LogP contribution in [0.15, 0.2) is 4.52 Å². The highest BCUT2D eigenvalue weighted by molar-refractivity contribution is 5.75. The summed E-state index contributed by atoms with van der Waals surface area (Å²) >= 11 is 0. The predicted molar refractivity (Wildman–Crippen MR) is 128 cm³/mol. The molecule has 5 fully saturated rings. The van der Waals surface area contributed by atoms with Gasteiger partial charge in [-0.1, -0.05) is 12.1 Å². The first kappa shape index (κ1) is 25.4. The highest BCUT2D eigenvalue weighted by atomic mass is 19.3. The molecule has 1 N–H and O–H groups in total. The van der Waals surface area contributed by atoms with Crippen LogP contribution in [0.5, 0.6) is 0 Å². The molecule has 2 saturated heterocycles. The van der Waals surface area contributed by atoms with Gasteiger partial charge < -0.3 is 19.5 Å². The van der Waals surface area contributed by atoms with Gasteiger partial charge in [-0.3, -0.25) is 4.90 Å². The third kappa shape index (κ3) is 5.48. The SMILES string of the molecule is CC1(c2noc(C3CC3)n2)CCN(C(=O)N[C@@H]2[C@@H](O[C@H]3CCN(CC4(F)CC4)C3)CCCC2(F)F)CC1. The largest absolute Gasteiger partial charge is 0.371 e. The first-order valence-corrected chi connectivity index (χ1v) is 14.0. The van der Waals surface area contributed by atoms with Gasteiger partial charge in [0, 0.05) is 50.5 Å². The molecule has 11 heteroatoms. The molecular weight excluding hydrogens is 487 g/mol. The molecule has 6 rings (SSSR count). The highest BCUT2D eigenvalue weighted by Gasteiger charge is 2.51. The van der Waals surface area contributed by atoms with Gasteiger partial charge in [0.2, 0.25) is 5.89 Å². The Kier molecular flexibility index (Phi) is 6.45. The van der Waals surface area contributed by atoms with Crippen LogP contribution in [0.1, 0.15) is 88.8 Å². The molecule has 8 nitrogen and oxygen atoms in total. The first-order chi connectivity index (χ1) is 17.6. The quantitative estimate of drug-likeness (QED) is 0.576. The van der Waals surface area contributed by atoms with Crippen molar-refractivity contribution in [2.45, 2.75) is 112 Å². The molecule has 1 aromatic heterocycles. The Morgan fingerprint density at radius 3 is 2.54 bits per heavy atom. The van der Waals surface area contributed by atoms with Crippen molar-refractivity contribution in [2.24, 2.45) is 0 Å². The molecule has 206 valence electrons. The topological polar surface area (TPSA) is 83.7 Å². The van der Waals surface area contributed by atoms with Crippen LogP contribution in [0.4, 0.5) is 18.0 Å². The van der Waals surface area contributed by atoms with Gasteiger partial charge in [0.1, 0.15) is 11.7 Å². The fraction of sp³-hybridized carbons (Fsp3) is 0.885. The van der Waals surface area contributed by atoms with Gasteiger partial charge >= 0.3 is 6.03 Å². The highest BCUT2D eigenvalue weighted by Crippen LogP contribution is 2.42. The van der Waals surface area contributed by atoms with Gasteiger partial charge in [-0.25, -0.2) is 18.0 Å². The summed E-state index contributed by atoms with van der Waals surface area (Å²) < 4.78 is 55.8. The molecule has 3 heterocycles. The molecule has 0 bridgehead atoms. The Bertz CT molecular complexity index is 990. The van der Waals surface area contributed by atoms with E-state index in [9.17, 15) is 9.18 Å². The molecule has 2 aliphatic heterocycles. The molecule has 0 aromatic carbocycles. The van der Waals surface area contributed by atoms with Crippen LogP contribution in [0.25, 0.3) is 0 Å². The minimum atomic E-state index is -3.04. The molecule has 0 unspecified atom stereocenters. The van der Waals surface area contributed by atoms with Crippen LogP contribution >= 0.6 is 0 Å². The van der Waals surface area contributed by atoms with E-state index in [-0.39, 0.29) is 17.9 Å². The normalized spacial score (nSPS) is 32.9. The van der Waals surface area contributed by atoms with E-state index in [1.807, 2.05) is 4.90 Å². The summed E-state index contributed by atoms with van der Waals surface area (Å²) in [4.78, 5) is 21.4. The lowest BCUT2D eigenvalue weighted by molar-refractivity contribution is -0.138. The van der Waals surface area contributed by atoms with Crippen LogP contribution < -0.4 is 5.32 Å². The second-order valence-electron chi connectivity index (χ2n) is 12.3. The van der Waals surface area contributed by atoms with Gasteiger partial charge in [-0.2, -0.15) is 4.98 Å². The average Bonchev–Trinajstić information content (AvgIpc) is 3.73. The van der Waals surface area contributed by atoms with E-state index in [1.54, 1.807) is 4.90 Å². The van der Waals surface area contributed by atoms with E-state index in [2.05, 4.69) is 22.4 Å². The molecular formula is C26H38F3N5O3. The van der Waals surface area contributed by atoms with Gasteiger partial charge in [-0.05, 0) is 57.8 Å². The Hall–Kier alpha value is -1.88. The van der Waals surface area contributed by atoms with Crippen molar-refractivity contribution in [3.05, 3.63) is 11.7 Å². The molecule has 0 spiro atoms. The smallest absolute Gasteiger partial charge is 0.317 e. The number of rotatable bonds is 7. The number of ether oxygens (including phenoxy) is 1. The van der Waals surface area contributed by atoms with E-state index in [0.29, 0.717) is 95.3 Å². The van der Waals surface area contributed by atoms with Crippen molar-refractivity contribution >= 4 is 6.03 Å². The summed E-state index contributed by atoms with van der Waals surface area (Å²) in [5.74, 6) is -1.28. The van der Waals surface area contributed by atoms with Crippen LogP contribution in [0, 0.1) is 0 Å². The lowest BCUT2D eigenvalue weighted by atomic mass is 9.79. The minimum Gasteiger partial charge on any atom is -0.371 e. The zero-order valence-electron chi connectivity index (χ0n) is 21.6. The van der Waals surface area contributed by atoms with E-state index < -0.39 is 29.8 Å². The number of carbonyl (C=O) groups excluding carboxylic acids is 1. The Labute approximate surface area is 215 Å². The molecule has 5 aliphatic rings. The number of nitrogens with one attached hydrogen (secondary N) is 1. The monoisotopic (exact) mass is 525 g/mol. The zero-order valence-corrected chi connectivity index (χ0v) is 21.6. The van der Waals surface area contributed by atoms with Crippen molar-refractivity contribution in [1.82, 2.24) is 25.3 Å². The van der Waals surface area contributed by atoms with Gasteiger partial charge in [-0.15, -0.1) is 0 Å². The summed E-state index contributed by atoms with van der Waals surface area (Å²) in [7, 11) is 0. The van der Waals surface area contributed by atoms with E-state index in [1.165, 1.54) is 0 Å². The molecule has 1 aromatic rings. The maximum Gasteiger partial charge on any atom is 0.317 e. The van der Waals surface area contributed by atoms with Crippen LogP contribution in [0.3, 0.4) is 0 Å². The number of carbonyl (C=O) groups is 1. The zero-order chi connectivity index (χ0) is 25.8. The second kappa shape index (κ2) is 9.39. The number of piperidine rings is 1. The summed E-state index contributed by atoms with van der Waals surface area (Å²) in [5, 5.41) is 6.84. The van der Waals surface area contributed by atoms with Crippen molar-refractivity contribution in [2.75, 3.05) is 32.7 Å². The van der Waals surface area contributed by atoms with Crippen molar-refractivity contribution < 1.29 is 27.2 Å². The van der Waals surface area contributed by atoms with Crippen molar-refractivity contribution in [3.63, 3.8) is 0 Å². The number of alkyl halides is 3. The molecule has 37 heavy (non-hydrogen) atoms. The number of likely N-dealkylation sites (tertiary alicyclic amines) is 2. The Morgan fingerprint density at radius 2 is 1.84 bits per heavy atom. The van der Waals surface area contributed by atoms with Crippen LogP contribution in [-0.2, 0) is 10.2 Å². The van der Waals surface area contributed by atoms with E-state index >= 15 is 8.78 Å². The number of nitrogens with zero attached hydrogens (tertiary/aromatic N) is 4. The standard InChI is InChI=1S/C26H38F3N5O3/c1-24(22-31-21(37-32-22)17-4-5-17)10-13-34(14-11-24)23(35)30-20-19(3-2-7-26(20,28)29)36-18-6-12-33(15-18)16-25(27)8-9-25/h17-20H,2-16H2,1H3,(H,30,35)/t18-,19-,20+/m0/s1. The molecule has 3 atom stereocenters. The summed E-state index contributed by atoms with van der Waals surface area (Å²) in [6.45, 7) is 4.60. The van der Waals surface area contributed by atoms with Crippen molar-refractivity contribution in [3.8, 4) is 0 Å². The average molecular weight is 526 g/mol. The molecule has 3 saturated carbocycles. The molecule has 2 amide bonds. The van der Waals surface area contributed by atoms with Crippen LogP contribution in [-0.4, -0.2) is 88.5 Å². The number of halogens is 3. The third-order valence-electron chi connectivity index (χ3n) is 9.06.